The van der Waals surface area contributed by atoms with E-state index < -0.39 is 12.6 Å². The SMILES string of the molecule is O=C(O)COc1ccccc1-c1nc(-c2ccccc2Cl)no1. The van der Waals surface area contributed by atoms with Gasteiger partial charge < -0.3 is 14.4 Å². The number of aliphatic carboxylic acids is 1. The van der Waals surface area contributed by atoms with Crippen LogP contribution in [0, 0.1) is 0 Å². The molecule has 0 aliphatic carbocycles. The van der Waals surface area contributed by atoms with E-state index in [2.05, 4.69) is 10.1 Å². The van der Waals surface area contributed by atoms with Gasteiger partial charge in [0, 0.05) is 5.56 Å². The molecule has 0 saturated carbocycles. The van der Waals surface area contributed by atoms with Gasteiger partial charge in [-0.05, 0) is 24.3 Å². The van der Waals surface area contributed by atoms with Crippen molar-refractivity contribution in [1.29, 1.82) is 0 Å². The molecule has 0 aliphatic rings. The first-order chi connectivity index (χ1) is 11.1. The van der Waals surface area contributed by atoms with Crippen LogP contribution in [0.2, 0.25) is 5.02 Å². The van der Waals surface area contributed by atoms with Crippen molar-refractivity contribution in [2.75, 3.05) is 6.61 Å². The van der Waals surface area contributed by atoms with E-state index in [1.807, 2.05) is 12.1 Å². The molecule has 0 fully saturated rings. The number of carbonyl (C=O) groups is 1. The van der Waals surface area contributed by atoms with Crippen LogP contribution in [0.25, 0.3) is 22.8 Å². The lowest BCUT2D eigenvalue weighted by Crippen LogP contribution is -2.09. The highest BCUT2D eigenvalue weighted by molar-refractivity contribution is 6.33. The van der Waals surface area contributed by atoms with E-state index in [1.54, 1.807) is 36.4 Å². The monoisotopic (exact) mass is 330 g/mol. The Hall–Kier alpha value is -2.86. The number of aromatic nitrogens is 2. The molecule has 0 unspecified atom stereocenters. The maximum atomic E-state index is 10.7. The third kappa shape index (κ3) is 3.32. The molecule has 0 amide bonds. The van der Waals surface area contributed by atoms with E-state index in [9.17, 15) is 4.79 Å². The highest BCUT2D eigenvalue weighted by Crippen LogP contribution is 2.31. The predicted molar refractivity (Wildman–Crippen MR) is 83.3 cm³/mol. The van der Waals surface area contributed by atoms with Gasteiger partial charge in [-0.3, -0.25) is 0 Å². The van der Waals surface area contributed by atoms with Gasteiger partial charge in [0.25, 0.3) is 5.89 Å². The fraction of sp³-hybridized carbons (Fsp3) is 0.0625. The van der Waals surface area contributed by atoms with E-state index in [0.29, 0.717) is 27.7 Å². The molecule has 0 radical (unpaired) electrons. The van der Waals surface area contributed by atoms with E-state index in [4.69, 9.17) is 26.0 Å². The number of ether oxygens (including phenoxy) is 1. The van der Waals surface area contributed by atoms with Gasteiger partial charge in [0.15, 0.2) is 6.61 Å². The molecule has 1 N–H and O–H groups in total. The number of halogens is 1. The molecule has 7 heteroatoms. The Morgan fingerprint density at radius 3 is 2.57 bits per heavy atom. The molecule has 1 aromatic heterocycles. The average Bonchev–Trinajstić information content (AvgIpc) is 3.03. The second kappa shape index (κ2) is 6.50. The van der Waals surface area contributed by atoms with Crippen molar-refractivity contribution < 1.29 is 19.2 Å². The summed E-state index contributed by atoms with van der Waals surface area (Å²) in [6.07, 6.45) is 0. The lowest BCUT2D eigenvalue weighted by atomic mass is 10.2. The van der Waals surface area contributed by atoms with Crippen LogP contribution in [0.4, 0.5) is 0 Å². The number of hydrogen-bond acceptors (Lipinski definition) is 5. The predicted octanol–water partition coefficient (Wildman–Crippen LogP) is 3.52. The molecule has 0 saturated heterocycles. The first kappa shape index (κ1) is 15.1. The summed E-state index contributed by atoms with van der Waals surface area (Å²) in [5.41, 5.74) is 1.16. The molecular formula is C16H11ClN2O4. The molecule has 3 rings (SSSR count). The lowest BCUT2D eigenvalue weighted by Gasteiger charge is -2.06. The summed E-state index contributed by atoms with van der Waals surface area (Å²) in [6, 6.07) is 14.0. The van der Waals surface area contributed by atoms with Gasteiger partial charge in [0.05, 0.1) is 10.6 Å². The van der Waals surface area contributed by atoms with Crippen LogP contribution in [-0.2, 0) is 4.79 Å². The van der Waals surface area contributed by atoms with Gasteiger partial charge in [0.1, 0.15) is 5.75 Å². The Morgan fingerprint density at radius 1 is 1.13 bits per heavy atom. The van der Waals surface area contributed by atoms with Crippen molar-refractivity contribution in [2.24, 2.45) is 0 Å². The molecule has 6 nitrogen and oxygen atoms in total. The van der Waals surface area contributed by atoms with Crippen molar-refractivity contribution in [3.05, 3.63) is 53.6 Å². The second-order valence-electron chi connectivity index (χ2n) is 4.58. The van der Waals surface area contributed by atoms with E-state index >= 15 is 0 Å². The van der Waals surface area contributed by atoms with Crippen molar-refractivity contribution in [3.63, 3.8) is 0 Å². The molecular weight excluding hydrogens is 320 g/mol. The summed E-state index contributed by atoms with van der Waals surface area (Å²) in [7, 11) is 0. The van der Waals surface area contributed by atoms with Crippen LogP contribution in [-0.4, -0.2) is 27.8 Å². The van der Waals surface area contributed by atoms with Crippen LogP contribution in [0.3, 0.4) is 0 Å². The maximum absolute atomic E-state index is 10.7. The summed E-state index contributed by atoms with van der Waals surface area (Å²) >= 11 is 6.12. The van der Waals surface area contributed by atoms with Crippen LogP contribution in [0.5, 0.6) is 5.75 Å². The Kier molecular flexibility index (Phi) is 4.25. The lowest BCUT2D eigenvalue weighted by molar-refractivity contribution is -0.139. The zero-order valence-corrected chi connectivity index (χ0v) is 12.5. The van der Waals surface area contributed by atoms with Gasteiger partial charge in [-0.1, -0.05) is 41.0 Å². The van der Waals surface area contributed by atoms with Crippen molar-refractivity contribution in [2.45, 2.75) is 0 Å². The second-order valence-corrected chi connectivity index (χ2v) is 4.99. The van der Waals surface area contributed by atoms with Gasteiger partial charge in [0.2, 0.25) is 5.82 Å². The number of hydrogen-bond donors (Lipinski definition) is 1. The summed E-state index contributed by atoms with van der Waals surface area (Å²) in [5, 5.41) is 13.2. The van der Waals surface area contributed by atoms with Gasteiger partial charge in [-0.25, -0.2) is 4.79 Å². The summed E-state index contributed by atoms with van der Waals surface area (Å²) in [4.78, 5) is 15.0. The molecule has 1 heterocycles. The topological polar surface area (TPSA) is 85.5 Å². The fourth-order valence-corrected chi connectivity index (χ4v) is 2.21. The van der Waals surface area contributed by atoms with Gasteiger partial charge >= 0.3 is 5.97 Å². The summed E-state index contributed by atoms with van der Waals surface area (Å²) in [5.74, 6) is -0.147. The van der Waals surface area contributed by atoms with Crippen molar-refractivity contribution >= 4 is 17.6 Å². The van der Waals surface area contributed by atoms with Crippen LogP contribution >= 0.6 is 11.6 Å². The molecule has 0 atom stereocenters. The molecule has 0 bridgehead atoms. The minimum Gasteiger partial charge on any atom is -0.481 e. The van der Waals surface area contributed by atoms with Gasteiger partial charge in [-0.2, -0.15) is 4.98 Å². The summed E-state index contributed by atoms with van der Waals surface area (Å²) < 4.78 is 10.5. The maximum Gasteiger partial charge on any atom is 0.341 e. The number of carboxylic acids is 1. The van der Waals surface area contributed by atoms with Crippen LogP contribution in [0.15, 0.2) is 53.1 Å². The molecule has 116 valence electrons. The number of para-hydroxylation sites is 1. The third-order valence-electron chi connectivity index (χ3n) is 3.01. The van der Waals surface area contributed by atoms with Gasteiger partial charge in [-0.15, -0.1) is 0 Å². The quantitative estimate of drug-likeness (QED) is 0.770. The summed E-state index contributed by atoms with van der Waals surface area (Å²) in [6.45, 7) is -0.456. The van der Waals surface area contributed by atoms with Crippen molar-refractivity contribution in [1.82, 2.24) is 10.1 Å². The number of carboxylic acid groups (broad SMARTS) is 1. The zero-order chi connectivity index (χ0) is 16.2. The molecule has 3 aromatic rings. The van der Waals surface area contributed by atoms with Crippen LogP contribution in [0.1, 0.15) is 0 Å². The van der Waals surface area contributed by atoms with Crippen LogP contribution < -0.4 is 4.74 Å². The highest BCUT2D eigenvalue weighted by atomic mass is 35.5. The highest BCUT2D eigenvalue weighted by Gasteiger charge is 2.16. The first-order valence-electron chi connectivity index (χ1n) is 6.68. The molecule has 0 spiro atoms. The normalized spacial score (nSPS) is 10.5. The Labute approximate surface area is 136 Å². The molecule has 0 aliphatic heterocycles. The number of nitrogens with zero attached hydrogens (tertiary/aromatic N) is 2. The minimum absolute atomic E-state index is 0.223. The van der Waals surface area contributed by atoms with Crippen molar-refractivity contribution in [3.8, 4) is 28.6 Å². The van der Waals surface area contributed by atoms with E-state index in [0.717, 1.165) is 0 Å². The number of benzene rings is 2. The minimum atomic E-state index is -1.07. The zero-order valence-electron chi connectivity index (χ0n) is 11.8. The Bertz CT molecular complexity index is 847. The fourth-order valence-electron chi connectivity index (χ4n) is 1.99. The molecule has 23 heavy (non-hydrogen) atoms. The molecule has 2 aromatic carbocycles. The van der Waals surface area contributed by atoms with E-state index in [1.165, 1.54) is 0 Å². The first-order valence-corrected chi connectivity index (χ1v) is 7.05. The third-order valence-corrected chi connectivity index (χ3v) is 3.34. The van der Waals surface area contributed by atoms with E-state index in [-0.39, 0.29) is 5.89 Å². The standard InChI is InChI=1S/C16H11ClN2O4/c17-12-7-3-1-5-10(12)15-18-16(23-19-15)11-6-2-4-8-13(11)22-9-14(20)21/h1-8H,9H2,(H,20,21). The largest absolute Gasteiger partial charge is 0.481 e. The smallest absolute Gasteiger partial charge is 0.341 e. The Balaban J connectivity index is 1.95. The average molecular weight is 331 g/mol. The Morgan fingerprint density at radius 2 is 1.83 bits per heavy atom. The number of rotatable bonds is 5.